The Hall–Kier alpha value is -3.46. The quantitative estimate of drug-likeness (QED) is 0.450. The summed E-state index contributed by atoms with van der Waals surface area (Å²) in [7, 11) is 1.62. The molecule has 0 aliphatic heterocycles. The molecule has 29 heavy (non-hydrogen) atoms. The van der Waals surface area contributed by atoms with E-state index in [4.69, 9.17) is 9.47 Å². The molecule has 148 valence electrons. The van der Waals surface area contributed by atoms with E-state index >= 15 is 0 Å². The van der Waals surface area contributed by atoms with Gasteiger partial charge in [-0.05, 0) is 29.6 Å². The molecule has 4 rings (SSSR count). The number of aromatic nitrogens is 4. The van der Waals surface area contributed by atoms with E-state index in [0.717, 1.165) is 16.2 Å². The summed E-state index contributed by atoms with van der Waals surface area (Å²) in [5, 5.41) is 17.6. The van der Waals surface area contributed by atoms with Crippen LogP contribution in [0.3, 0.4) is 0 Å². The van der Waals surface area contributed by atoms with Crippen molar-refractivity contribution in [2.75, 3.05) is 20.3 Å². The zero-order chi connectivity index (χ0) is 20.1. The average Bonchev–Trinajstić information content (AvgIpc) is 3.40. The molecule has 9 heteroatoms. The Balaban J connectivity index is 1.39. The zero-order valence-corrected chi connectivity index (χ0v) is 16.6. The second-order valence-electron chi connectivity index (χ2n) is 6.15. The number of carbonyl (C=O) groups is 1. The molecule has 3 aromatic heterocycles. The second-order valence-corrected chi connectivity index (χ2v) is 7.18. The first-order valence-corrected chi connectivity index (χ1v) is 9.89. The highest BCUT2D eigenvalue weighted by molar-refractivity contribution is 7.10. The van der Waals surface area contributed by atoms with Crippen LogP contribution in [0.5, 0.6) is 11.6 Å². The number of methoxy groups -OCH3 is 1. The minimum absolute atomic E-state index is 0.0291. The van der Waals surface area contributed by atoms with Crippen LogP contribution in [0.1, 0.15) is 4.88 Å². The molecular formula is C20H19N5O3S. The number of amides is 1. The number of nitrogens with zero attached hydrogens (tertiary/aromatic N) is 4. The maximum Gasteiger partial charge on any atom is 0.231 e. The van der Waals surface area contributed by atoms with E-state index in [2.05, 4.69) is 20.6 Å². The summed E-state index contributed by atoms with van der Waals surface area (Å²) in [6.45, 7) is 0.708. The summed E-state index contributed by atoms with van der Waals surface area (Å²) in [4.78, 5) is 12.9. The Morgan fingerprint density at radius 1 is 1.17 bits per heavy atom. The first-order chi connectivity index (χ1) is 14.2. The van der Waals surface area contributed by atoms with Crippen molar-refractivity contribution in [1.29, 1.82) is 0 Å². The second kappa shape index (κ2) is 8.70. The summed E-state index contributed by atoms with van der Waals surface area (Å²) >= 11 is 1.57. The van der Waals surface area contributed by atoms with Crippen LogP contribution in [0, 0.1) is 0 Å². The van der Waals surface area contributed by atoms with Crippen molar-refractivity contribution in [2.45, 2.75) is 6.42 Å². The van der Waals surface area contributed by atoms with Crippen LogP contribution in [-0.4, -0.2) is 46.0 Å². The Kier molecular flexibility index (Phi) is 5.66. The number of ether oxygens (including phenoxy) is 2. The normalized spacial score (nSPS) is 10.8. The van der Waals surface area contributed by atoms with Crippen molar-refractivity contribution in [1.82, 2.24) is 25.1 Å². The lowest BCUT2D eigenvalue weighted by Crippen LogP contribution is -2.29. The predicted molar refractivity (Wildman–Crippen MR) is 109 cm³/mol. The van der Waals surface area contributed by atoms with Gasteiger partial charge < -0.3 is 14.8 Å². The molecule has 1 aromatic carbocycles. The Bertz CT molecular complexity index is 1110. The third-order valence-electron chi connectivity index (χ3n) is 4.16. The van der Waals surface area contributed by atoms with Crippen LogP contribution in [-0.2, 0) is 11.2 Å². The third kappa shape index (κ3) is 4.52. The minimum atomic E-state index is -0.0291. The standard InChI is InChI=1S/C20H19N5O3S/c1-27-15-5-2-4-14(12-15)20-23-22-17-7-8-19(24-25(17)20)28-10-9-21-18(26)13-16-6-3-11-29-16/h2-8,11-12H,9-10,13H2,1H3,(H,21,26). The molecule has 0 fully saturated rings. The van der Waals surface area contributed by atoms with E-state index in [1.54, 1.807) is 35.1 Å². The van der Waals surface area contributed by atoms with E-state index in [1.165, 1.54) is 0 Å². The van der Waals surface area contributed by atoms with Crippen molar-refractivity contribution in [3.05, 3.63) is 58.8 Å². The lowest BCUT2D eigenvalue weighted by atomic mass is 10.2. The first kappa shape index (κ1) is 18.9. The van der Waals surface area contributed by atoms with Crippen molar-refractivity contribution in [3.63, 3.8) is 0 Å². The molecule has 4 aromatic rings. The molecule has 1 amide bonds. The van der Waals surface area contributed by atoms with Gasteiger partial charge in [0.2, 0.25) is 11.8 Å². The van der Waals surface area contributed by atoms with Crippen molar-refractivity contribution in [2.24, 2.45) is 0 Å². The molecule has 8 nitrogen and oxygen atoms in total. The van der Waals surface area contributed by atoms with Crippen LogP contribution in [0.2, 0.25) is 0 Å². The van der Waals surface area contributed by atoms with E-state index in [9.17, 15) is 4.79 Å². The van der Waals surface area contributed by atoms with Gasteiger partial charge in [-0.2, -0.15) is 4.52 Å². The predicted octanol–water partition coefficient (Wildman–Crippen LogP) is 2.60. The number of hydrogen-bond donors (Lipinski definition) is 1. The number of thiophene rings is 1. The molecule has 1 N–H and O–H groups in total. The van der Waals surface area contributed by atoms with Crippen molar-refractivity contribution >= 4 is 22.9 Å². The molecule has 3 heterocycles. The fraction of sp³-hybridized carbons (Fsp3) is 0.200. The molecule has 0 saturated carbocycles. The maximum absolute atomic E-state index is 11.9. The van der Waals surface area contributed by atoms with Crippen LogP contribution in [0.25, 0.3) is 17.0 Å². The SMILES string of the molecule is COc1cccc(-c2nnc3ccc(OCCNC(=O)Cc4cccs4)nn23)c1. The van der Waals surface area contributed by atoms with Gasteiger partial charge in [-0.25, -0.2) is 0 Å². The summed E-state index contributed by atoms with van der Waals surface area (Å²) in [5.41, 5.74) is 1.45. The fourth-order valence-corrected chi connectivity index (χ4v) is 3.47. The molecule has 0 radical (unpaired) electrons. The monoisotopic (exact) mass is 409 g/mol. The molecule has 0 aliphatic rings. The third-order valence-corrected chi connectivity index (χ3v) is 5.03. The van der Waals surface area contributed by atoms with Gasteiger partial charge in [0.1, 0.15) is 12.4 Å². The fourth-order valence-electron chi connectivity index (χ4n) is 2.77. The number of nitrogens with one attached hydrogen (secondary N) is 1. The van der Waals surface area contributed by atoms with E-state index < -0.39 is 0 Å². The van der Waals surface area contributed by atoms with E-state index in [1.807, 2.05) is 41.8 Å². The van der Waals surface area contributed by atoms with Crippen LogP contribution in [0.4, 0.5) is 0 Å². The molecule has 0 aliphatic carbocycles. The van der Waals surface area contributed by atoms with Crippen LogP contribution >= 0.6 is 11.3 Å². The van der Waals surface area contributed by atoms with Gasteiger partial charge in [0.05, 0.1) is 20.1 Å². The van der Waals surface area contributed by atoms with Crippen LogP contribution in [0.15, 0.2) is 53.9 Å². The summed E-state index contributed by atoms with van der Waals surface area (Å²) in [5.74, 6) is 1.71. The van der Waals surface area contributed by atoms with Gasteiger partial charge in [-0.1, -0.05) is 18.2 Å². The van der Waals surface area contributed by atoms with Crippen molar-refractivity contribution in [3.8, 4) is 23.0 Å². The van der Waals surface area contributed by atoms with Gasteiger partial charge >= 0.3 is 0 Å². The zero-order valence-electron chi connectivity index (χ0n) is 15.7. The average molecular weight is 409 g/mol. The van der Waals surface area contributed by atoms with Crippen molar-refractivity contribution < 1.29 is 14.3 Å². The Morgan fingerprint density at radius 3 is 2.93 bits per heavy atom. The van der Waals surface area contributed by atoms with Gasteiger partial charge in [0, 0.05) is 16.5 Å². The van der Waals surface area contributed by atoms with E-state index in [-0.39, 0.29) is 5.91 Å². The Morgan fingerprint density at radius 2 is 2.10 bits per heavy atom. The molecule has 0 unspecified atom stereocenters. The van der Waals surface area contributed by atoms with Gasteiger partial charge in [0.15, 0.2) is 11.5 Å². The maximum atomic E-state index is 11.9. The summed E-state index contributed by atoms with van der Waals surface area (Å²) < 4.78 is 12.6. The molecule has 0 saturated heterocycles. The lowest BCUT2D eigenvalue weighted by molar-refractivity contribution is -0.120. The number of fused-ring (bicyclic) bond motifs is 1. The van der Waals surface area contributed by atoms with Gasteiger partial charge in [-0.15, -0.1) is 26.6 Å². The van der Waals surface area contributed by atoms with Crippen LogP contribution < -0.4 is 14.8 Å². The van der Waals surface area contributed by atoms with Gasteiger partial charge in [0.25, 0.3) is 0 Å². The topological polar surface area (TPSA) is 90.6 Å². The van der Waals surface area contributed by atoms with Gasteiger partial charge in [-0.3, -0.25) is 4.79 Å². The first-order valence-electron chi connectivity index (χ1n) is 9.02. The lowest BCUT2D eigenvalue weighted by Gasteiger charge is -2.07. The highest BCUT2D eigenvalue weighted by atomic mass is 32.1. The number of benzene rings is 1. The van der Waals surface area contributed by atoms with E-state index in [0.29, 0.717) is 36.9 Å². The largest absolute Gasteiger partial charge is 0.497 e. The minimum Gasteiger partial charge on any atom is -0.497 e. The smallest absolute Gasteiger partial charge is 0.231 e. The molecule has 0 spiro atoms. The Labute approximate surface area is 171 Å². The number of hydrogen-bond acceptors (Lipinski definition) is 7. The molecular weight excluding hydrogens is 390 g/mol. The molecule has 0 atom stereocenters. The highest BCUT2D eigenvalue weighted by Crippen LogP contribution is 2.23. The summed E-state index contributed by atoms with van der Waals surface area (Å²) in [6.07, 6.45) is 0.381. The summed E-state index contributed by atoms with van der Waals surface area (Å²) in [6, 6.07) is 14.9. The number of carbonyl (C=O) groups excluding carboxylic acids is 1. The molecule has 0 bridgehead atoms. The number of rotatable bonds is 8. The highest BCUT2D eigenvalue weighted by Gasteiger charge is 2.11.